The van der Waals surface area contributed by atoms with Crippen molar-refractivity contribution in [2.24, 2.45) is 0 Å². The minimum Gasteiger partial charge on any atom is -0.493 e. The first-order chi connectivity index (χ1) is 13.7. The van der Waals surface area contributed by atoms with Crippen LogP contribution in [0.5, 0.6) is 17.2 Å². The number of benzene rings is 1. The van der Waals surface area contributed by atoms with Crippen molar-refractivity contribution in [1.29, 1.82) is 0 Å². The topological polar surface area (TPSA) is 48.0 Å². The molecule has 0 aliphatic carbocycles. The summed E-state index contributed by atoms with van der Waals surface area (Å²) < 4.78 is 16.2. The van der Waals surface area contributed by atoms with Crippen molar-refractivity contribution in [3.05, 3.63) is 62.0 Å². The van der Waals surface area contributed by atoms with Gasteiger partial charge < -0.3 is 19.1 Å². The Labute approximate surface area is 172 Å². The van der Waals surface area contributed by atoms with Crippen molar-refractivity contribution in [1.82, 2.24) is 4.90 Å². The van der Waals surface area contributed by atoms with Gasteiger partial charge >= 0.3 is 0 Å². The van der Waals surface area contributed by atoms with E-state index in [-0.39, 0.29) is 11.9 Å². The molecule has 5 nitrogen and oxygen atoms in total. The van der Waals surface area contributed by atoms with Gasteiger partial charge in [0, 0.05) is 21.9 Å². The molecular formula is C21H21NO4S2. The molecule has 3 heterocycles. The van der Waals surface area contributed by atoms with E-state index in [0.29, 0.717) is 29.4 Å². The number of ether oxygens (including phenoxy) is 3. The molecule has 146 valence electrons. The summed E-state index contributed by atoms with van der Waals surface area (Å²) in [6.45, 7) is 0.672. The maximum Gasteiger partial charge on any atom is 0.254 e. The molecule has 1 aliphatic heterocycles. The third kappa shape index (κ3) is 3.14. The van der Waals surface area contributed by atoms with Gasteiger partial charge in [-0.25, -0.2) is 0 Å². The van der Waals surface area contributed by atoms with Crippen LogP contribution in [-0.2, 0) is 6.42 Å². The Bertz CT molecular complexity index is 955. The first kappa shape index (κ1) is 18.8. The van der Waals surface area contributed by atoms with Crippen LogP contribution in [0, 0.1) is 0 Å². The number of thiophene rings is 2. The molecule has 0 radical (unpaired) electrons. The van der Waals surface area contributed by atoms with Gasteiger partial charge in [0.05, 0.1) is 27.4 Å². The lowest BCUT2D eigenvalue weighted by Gasteiger charge is -2.35. The van der Waals surface area contributed by atoms with Crippen LogP contribution in [0.15, 0.2) is 41.1 Å². The summed E-state index contributed by atoms with van der Waals surface area (Å²) in [4.78, 5) is 18.0. The summed E-state index contributed by atoms with van der Waals surface area (Å²) in [5.74, 6) is 1.39. The van der Waals surface area contributed by atoms with Crippen LogP contribution in [0.1, 0.15) is 31.7 Å². The van der Waals surface area contributed by atoms with Crippen molar-refractivity contribution in [3.8, 4) is 17.2 Å². The van der Waals surface area contributed by atoms with Gasteiger partial charge in [-0.3, -0.25) is 4.79 Å². The Morgan fingerprint density at radius 3 is 2.39 bits per heavy atom. The van der Waals surface area contributed by atoms with Gasteiger partial charge in [0.25, 0.3) is 5.91 Å². The van der Waals surface area contributed by atoms with Gasteiger partial charge in [0.1, 0.15) is 0 Å². The number of nitrogens with zero attached hydrogens (tertiary/aromatic N) is 1. The number of carbonyl (C=O) groups excluding carboxylic acids is 1. The minimum absolute atomic E-state index is 0.0468. The molecule has 1 aliphatic rings. The Morgan fingerprint density at radius 2 is 1.79 bits per heavy atom. The van der Waals surface area contributed by atoms with Crippen LogP contribution >= 0.6 is 22.7 Å². The Kier molecular flexibility index (Phi) is 5.28. The molecule has 0 saturated heterocycles. The normalized spacial score (nSPS) is 15.8. The van der Waals surface area contributed by atoms with Gasteiger partial charge in [0.15, 0.2) is 11.5 Å². The monoisotopic (exact) mass is 415 g/mol. The average Bonchev–Trinajstić information content (AvgIpc) is 3.43. The first-order valence-corrected chi connectivity index (χ1v) is 10.6. The molecule has 2 aromatic heterocycles. The number of amides is 1. The lowest BCUT2D eigenvalue weighted by molar-refractivity contribution is 0.0698. The highest BCUT2D eigenvalue weighted by molar-refractivity contribution is 7.10. The SMILES string of the molecule is COc1cc(C(=O)N2CCc3sccc3[C@H]2c2cccs2)cc(OC)c1OC. The average molecular weight is 416 g/mol. The molecular weight excluding hydrogens is 394 g/mol. The highest BCUT2D eigenvalue weighted by Gasteiger charge is 2.34. The molecule has 1 aromatic carbocycles. The molecule has 0 bridgehead atoms. The van der Waals surface area contributed by atoms with Gasteiger partial charge in [-0.2, -0.15) is 0 Å². The number of fused-ring (bicyclic) bond motifs is 1. The predicted octanol–water partition coefficient (Wildman–Crippen LogP) is 4.62. The number of hydrogen-bond donors (Lipinski definition) is 0. The van der Waals surface area contributed by atoms with Crippen LogP contribution in [0.4, 0.5) is 0 Å². The Balaban J connectivity index is 1.77. The molecule has 0 N–H and O–H groups in total. The minimum atomic E-state index is -0.0680. The second kappa shape index (κ2) is 7.85. The summed E-state index contributed by atoms with van der Waals surface area (Å²) in [5.41, 5.74) is 1.74. The Hall–Kier alpha value is -2.51. The van der Waals surface area contributed by atoms with E-state index in [2.05, 4.69) is 22.9 Å². The van der Waals surface area contributed by atoms with Crippen molar-refractivity contribution in [2.75, 3.05) is 27.9 Å². The van der Waals surface area contributed by atoms with Crippen LogP contribution < -0.4 is 14.2 Å². The second-order valence-electron chi connectivity index (χ2n) is 6.38. The van der Waals surface area contributed by atoms with E-state index in [9.17, 15) is 4.79 Å². The van der Waals surface area contributed by atoms with Crippen LogP contribution in [0.3, 0.4) is 0 Å². The van der Waals surface area contributed by atoms with E-state index >= 15 is 0 Å². The highest BCUT2D eigenvalue weighted by atomic mass is 32.1. The second-order valence-corrected chi connectivity index (χ2v) is 8.36. The number of rotatable bonds is 5. The number of methoxy groups -OCH3 is 3. The van der Waals surface area contributed by atoms with E-state index in [0.717, 1.165) is 6.42 Å². The van der Waals surface area contributed by atoms with Gasteiger partial charge in [-0.05, 0) is 47.0 Å². The molecule has 28 heavy (non-hydrogen) atoms. The predicted molar refractivity (Wildman–Crippen MR) is 111 cm³/mol. The molecule has 1 atom stereocenters. The summed E-state index contributed by atoms with van der Waals surface area (Å²) in [6, 6.07) is 9.64. The van der Waals surface area contributed by atoms with Gasteiger partial charge in [0.2, 0.25) is 5.75 Å². The molecule has 0 spiro atoms. The fourth-order valence-corrected chi connectivity index (χ4v) is 5.42. The lowest BCUT2D eigenvalue weighted by Crippen LogP contribution is -2.39. The van der Waals surface area contributed by atoms with Crippen LogP contribution in [0.25, 0.3) is 0 Å². The smallest absolute Gasteiger partial charge is 0.254 e. The standard InChI is InChI=1S/C21H21NO4S2/c1-24-15-11-13(12-16(25-2)20(15)26-3)21(23)22-8-6-17-14(7-10-28-17)19(22)18-5-4-9-27-18/h4-5,7,9-12,19H,6,8H2,1-3H3/t19-/m0/s1. The Morgan fingerprint density at radius 1 is 1.04 bits per heavy atom. The fraction of sp³-hybridized carbons (Fsp3) is 0.286. The molecule has 0 fully saturated rings. The highest BCUT2D eigenvalue weighted by Crippen LogP contribution is 2.42. The number of carbonyl (C=O) groups is 1. The molecule has 1 amide bonds. The lowest BCUT2D eigenvalue weighted by atomic mass is 9.97. The largest absolute Gasteiger partial charge is 0.493 e. The third-order valence-corrected chi connectivity index (χ3v) is 6.87. The van der Waals surface area contributed by atoms with Crippen molar-refractivity contribution in [3.63, 3.8) is 0 Å². The molecule has 0 unspecified atom stereocenters. The summed E-state index contributed by atoms with van der Waals surface area (Å²) in [5, 5.41) is 4.16. The van der Waals surface area contributed by atoms with E-state index in [1.165, 1.54) is 15.3 Å². The maximum absolute atomic E-state index is 13.6. The van der Waals surface area contributed by atoms with Crippen LogP contribution in [-0.4, -0.2) is 38.7 Å². The first-order valence-electron chi connectivity index (χ1n) is 8.88. The third-order valence-electron chi connectivity index (χ3n) is 4.95. The zero-order chi connectivity index (χ0) is 19.7. The van der Waals surface area contributed by atoms with E-state index in [1.807, 2.05) is 11.0 Å². The summed E-state index contributed by atoms with van der Waals surface area (Å²) in [7, 11) is 4.66. The van der Waals surface area contributed by atoms with E-state index in [1.54, 1.807) is 56.1 Å². The van der Waals surface area contributed by atoms with Crippen LogP contribution in [0.2, 0.25) is 0 Å². The number of hydrogen-bond acceptors (Lipinski definition) is 6. The maximum atomic E-state index is 13.6. The molecule has 4 rings (SSSR count). The van der Waals surface area contributed by atoms with Crippen molar-refractivity contribution >= 4 is 28.6 Å². The molecule has 7 heteroatoms. The van der Waals surface area contributed by atoms with E-state index < -0.39 is 0 Å². The molecule has 0 saturated carbocycles. The molecule has 3 aromatic rings. The zero-order valence-electron chi connectivity index (χ0n) is 15.9. The van der Waals surface area contributed by atoms with Crippen molar-refractivity contribution < 1.29 is 19.0 Å². The quantitative estimate of drug-likeness (QED) is 0.610. The summed E-state index contributed by atoms with van der Waals surface area (Å²) >= 11 is 3.44. The fourth-order valence-electron chi connectivity index (χ4n) is 3.66. The van der Waals surface area contributed by atoms with Gasteiger partial charge in [-0.15, -0.1) is 22.7 Å². The van der Waals surface area contributed by atoms with Gasteiger partial charge in [-0.1, -0.05) is 6.07 Å². The zero-order valence-corrected chi connectivity index (χ0v) is 17.6. The van der Waals surface area contributed by atoms with E-state index in [4.69, 9.17) is 14.2 Å². The van der Waals surface area contributed by atoms with Crippen molar-refractivity contribution in [2.45, 2.75) is 12.5 Å². The summed E-state index contributed by atoms with van der Waals surface area (Å²) in [6.07, 6.45) is 0.866.